The van der Waals surface area contributed by atoms with Crippen molar-refractivity contribution >= 4 is 0 Å². The predicted molar refractivity (Wildman–Crippen MR) is 54.4 cm³/mol. The van der Waals surface area contributed by atoms with Crippen LogP contribution in [0.5, 0.6) is 0 Å². The zero-order chi connectivity index (χ0) is 9.19. The highest BCUT2D eigenvalue weighted by atomic mass is 15.3. The maximum atomic E-state index is 2.70. The molecule has 1 saturated heterocycles. The summed E-state index contributed by atoms with van der Waals surface area (Å²) in [7, 11) is 0. The topological polar surface area (TPSA) is 3.24 Å². The molecule has 1 heteroatoms. The number of likely N-dealkylation sites (tertiary alicyclic amines) is 1. The Balaban J connectivity index is 0.000000336. The van der Waals surface area contributed by atoms with Gasteiger partial charge < -0.3 is 0 Å². The first-order valence-corrected chi connectivity index (χ1v) is 5.51. The molecule has 1 saturated carbocycles. The second-order valence-electron chi connectivity index (χ2n) is 4.12. The predicted octanol–water partition coefficient (Wildman–Crippen LogP) is 3.05. The fourth-order valence-corrected chi connectivity index (χ4v) is 2.45. The van der Waals surface area contributed by atoms with Gasteiger partial charge in [0.1, 0.15) is 0 Å². The molecule has 0 aromatic rings. The molecule has 72 valence electrons. The maximum absolute atomic E-state index is 2.70. The number of hydrogen-bond donors (Lipinski definition) is 0. The third kappa shape index (κ3) is 1.66. The van der Waals surface area contributed by atoms with Crippen LogP contribution >= 0.6 is 0 Å². The molecular formula is C11H23N. The van der Waals surface area contributed by atoms with E-state index in [4.69, 9.17) is 0 Å². The lowest BCUT2D eigenvalue weighted by molar-refractivity contribution is 0.187. The first-order chi connectivity index (χ1) is 5.75. The Hall–Kier alpha value is -0.0400. The number of hydrogen-bond acceptors (Lipinski definition) is 1. The van der Waals surface area contributed by atoms with Crippen molar-refractivity contribution in [3.63, 3.8) is 0 Å². The van der Waals surface area contributed by atoms with Crippen LogP contribution in [0.4, 0.5) is 0 Å². The minimum Gasteiger partial charge on any atom is -0.295 e. The smallest absolute Gasteiger partial charge is 0.0214 e. The lowest BCUT2D eigenvalue weighted by Gasteiger charge is -2.27. The van der Waals surface area contributed by atoms with E-state index in [1.807, 2.05) is 13.8 Å². The minimum absolute atomic E-state index is 0.716. The molecule has 0 aromatic carbocycles. The maximum Gasteiger partial charge on any atom is 0.0214 e. The van der Waals surface area contributed by atoms with Crippen LogP contribution in [0.3, 0.4) is 0 Å². The Morgan fingerprint density at radius 3 is 2.00 bits per heavy atom. The molecule has 0 unspecified atom stereocenters. The molecule has 2 rings (SSSR count). The van der Waals surface area contributed by atoms with Gasteiger partial charge in [0, 0.05) is 11.6 Å². The van der Waals surface area contributed by atoms with Gasteiger partial charge >= 0.3 is 0 Å². The van der Waals surface area contributed by atoms with Crippen LogP contribution in [-0.2, 0) is 0 Å². The van der Waals surface area contributed by atoms with Crippen LogP contribution in [-0.4, -0.2) is 23.0 Å². The van der Waals surface area contributed by atoms with E-state index in [9.17, 15) is 0 Å². The fourth-order valence-electron chi connectivity index (χ4n) is 2.45. The Kier molecular flexibility index (Phi) is 3.16. The summed E-state index contributed by atoms with van der Waals surface area (Å²) in [5.41, 5.74) is 0.716. The van der Waals surface area contributed by atoms with Crippen LogP contribution < -0.4 is 0 Å². The highest BCUT2D eigenvalue weighted by Gasteiger charge is 2.51. The molecule has 1 spiro atoms. The summed E-state index contributed by atoms with van der Waals surface area (Å²) in [4.78, 5) is 2.70. The first kappa shape index (κ1) is 10.0. The molecule has 0 radical (unpaired) electrons. The van der Waals surface area contributed by atoms with Crippen molar-refractivity contribution in [2.75, 3.05) is 6.54 Å². The van der Waals surface area contributed by atoms with Crippen molar-refractivity contribution in [1.29, 1.82) is 0 Å². The van der Waals surface area contributed by atoms with Crippen LogP contribution in [0.15, 0.2) is 0 Å². The molecule has 0 N–H and O–H groups in total. The molecule has 1 heterocycles. The second kappa shape index (κ2) is 3.78. The molecule has 2 fully saturated rings. The van der Waals surface area contributed by atoms with Crippen LogP contribution in [0.25, 0.3) is 0 Å². The van der Waals surface area contributed by atoms with Gasteiger partial charge in [-0.25, -0.2) is 0 Å². The molecule has 0 aromatic heterocycles. The highest BCUT2D eigenvalue weighted by molar-refractivity contribution is 5.07. The van der Waals surface area contributed by atoms with Gasteiger partial charge in [0.2, 0.25) is 0 Å². The summed E-state index contributed by atoms with van der Waals surface area (Å²) in [5, 5.41) is 0. The highest BCUT2D eigenvalue weighted by Crippen LogP contribution is 2.50. The summed E-state index contributed by atoms with van der Waals surface area (Å²) >= 11 is 0. The van der Waals surface area contributed by atoms with Gasteiger partial charge in [-0.1, -0.05) is 13.8 Å². The molecule has 2 aliphatic rings. The third-order valence-corrected chi connectivity index (χ3v) is 3.10. The zero-order valence-electron chi connectivity index (χ0n) is 9.06. The summed E-state index contributed by atoms with van der Waals surface area (Å²) < 4.78 is 0. The van der Waals surface area contributed by atoms with Gasteiger partial charge in [-0.05, 0) is 46.1 Å². The summed E-state index contributed by atoms with van der Waals surface area (Å²) in [6.45, 7) is 10.0. The quantitative estimate of drug-likeness (QED) is 0.583. The molecule has 0 atom stereocenters. The van der Waals surface area contributed by atoms with Crippen LogP contribution in [0, 0.1) is 0 Å². The molecule has 1 nitrogen and oxygen atoms in total. The van der Waals surface area contributed by atoms with Gasteiger partial charge in [0.05, 0.1) is 0 Å². The van der Waals surface area contributed by atoms with Gasteiger partial charge in [0.25, 0.3) is 0 Å². The van der Waals surface area contributed by atoms with Crippen molar-refractivity contribution in [2.45, 2.75) is 65.0 Å². The lowest BCUT2D eigenvalue weighted by Crippen LogP contribution is -2.36. The summed E-state index contributed by atoms with van der Waals surface area (Å²) in [6.07, 6.45) is 5.87. The fraction of sp³-hybridized carbons (Fsp3) is 1.00. The van der Waals surface area contributed by atoms with Gasteiger partial charge in [-0.3, -0.25) is 4.90 Å². The van der Waals surface area contributed by atoms with Gasteiger partial charge in [-0.15, -0.1) is 0 Å². The van der Waals surface area contributed by atoms with E-state index >= 15 is 0 Å². The normalized spacial score (nSPS) is 25.8. The van der Waals surface area contributed by atoms with Gasteiger partial charge in [0.15, 0.2) is 0 Å². The SMILES string of the molecule is CC.CC(C)N1CCCC12CC2. The Morgan fingerprint density at radius 2 is 1.67 bits per heavy atom. The van der Waals surface area contributed by atoms with E-state index in [1.54, 1.807) is 0 Å². The molecule has 12 heavy (non-hydrogen) atoms. The van der Waals surface area contributed by atoms with Crippen molar-refractivity contribution in [3.05, 3.63) is 0 Å². The Labute approximate surface area is 77.1 Å². The van der Waals surface area contributed by atoms with Crippen molar-refractivity contribution in [2.24, 2.45) is 0 Å². The molecular weight excluding hydrogens is 146 g/mol. The van der Waals surface area contributed by atoms with E-state index in [2.05, 4.69) is 18.7 Å². The van der Waals surface area contributed by atoms with E-state index in [-0.39, 0.29) is 0 Å². The minimum atomic E-state index is 0.716. The number of nitrogens with zero attached hydrogens (tertiary/aromatic N) is 1. The van der Waals surface area contributed by atoms with E-state index < -0.39 is 0 Å². The van der Waals surface area contributed by atoms with E-state index in [0.29, 0.717) is 5.54 Å². The number of rotatable bonds is 1. The Bertz CT molecular complexity index is 136. The molecule has 0 bridgehead atoms. The molecule has 1 aliphatic carbocycles. The van der Waals surface area contributed by atoms with Crippen LogP contribution in [0.2, 0.25) is 0 Å². The van der Waals surface area contributed by atoms with Gasteiger partial charge in [-0.2, -0.15) is 0 Å². The van der Waals surface area contributed by atoms with Crippen molar-refractivity contribution < 1.29 is 0 Å². The Morgan fingerprint density at radius 1 is 1.08 bits per heavy atom. The average molecular weight is 169 g/mol. The van der Waals surface area contributed by atoms with Crippen molar-refractivity contribution in [3.8, 4) is 0 Å². The second-order valence-corrected chi connectivity index (χ2v) is 4.12. The molecule has 0 amide bonds. The first-order valence-electron chi connectivity index (χ1n) is 5.51. The van der Waals surface area contributed by atoms with Crippen LogP contribution in [0.1, 0.15) is 53.4 Å². The third-order valence-electron chi connectivity index (χ3n) is 3.10. The van der Waals surface area contributed by atoms with E-state index in [0.717, 1.165) is 6.04 Å². The monoisotopic (exact) mass is 169 g/mol. The summed E-state index contributed by atoms with van der Waals surface area (Å²) in [5.74, 6) is 0. The lowest BCUT2D eigenvalue weighted by atomic mass is 10.2. The molecule has 1 aliphatic heterocycles. The average Bonchev–Trinajstić information content (AvgIpc) is 2.66. The van der Waals surface area contributed by atoms with Crippen molar-refractivity contribution in [1.82, 2.24) is 4.90 Å². The zero-order valence-corrected chi connectivity index (χ0v) is 9.06. The standard InChI is InChI=1S/C9H17N.C2H6/c1-8(2)10-7-3-4-9(10)5-6-9;1-2/h8H,3-7H2,1-2H3;1-2H3. The largest absolute Gasteiger partial charge is 0.295 e. The summed E-state index contributed by atoms with van der Waals surface area (Å²) in [6, 6.07) is 0.782. The van der Waals surface area contributed by atoms with E-state index in [1.165, 1.54) is 32.2 Å².